The van der Waals surface area contributed by atoms with Crippen LogP contribution < -0.4 is 10.6 Å². The molecule has 0 saturated heterocycles. The highest BCUT2D eigenvalue weighted by atomic mass is 32.2. The van der Waals surface area contributed by atoms with Crippen LogP contribution in [0.1, 0.15) is 40.5 Å². The lowest BCUT2D eigenvalue weighted by Crippen LogP contribution is -2.35. The molecule has 0 aromatic carbocycles. The molecule has 1 unspecified atom stereocenters. The van der Waals surface area contributed by atoms with Gasteiger partial charge in [0.25, 0.3) is 0 Å². The molecule has 2 N–H and O–H groups in total. The molecular formula is C12H24N4OS. The Labute approximate surface area is 114 Å². The molecule has 1 heterocycles. The molecule has 1 rings (SSSR count). The first kappa shape index (κ1) is 15.3. The zero-order valence-electron chi connectivity index (χ0n) is 11.9. The van der Waals surface area contributed by atoms with Crippen LogP contribution in [0.25, 0.3) is 0 Å². The predicted octanol–water partition coefficient (Wildman–Crippen LogP) is 2.51. The van der Waals surface area contributed by atoms with Gasteiger partial charge in [0.15, 0.2) is 0 Å². The third kappa shape index (κ3) is 6.26. The van der Waals surface area contributed by atoms with Crippen molar-refractivity contribution in [2.75, 3.05) is 16.8 Å². The highest BCUT2D eigenvalue weighted by Gasteiger charge is 2.13. The van der Waals surface area contributed by atoms with Crippen molar-refractivity contribution < 1.29 is 4.42 Å². The van der Waals surface area contributed by atoms with Gasteiger partial charge >= 0.3 is 6.01 Å². The number of thioether (sulfide) groups is 1. The molecule has 0 amide bonds. The Kier molecular flexibility index (Phi) is 5.95. The van der Waals surface area contributed by atoms with Crippen molar-refractivity contribution in [3.8, 4) is 0 Å². The fourth-order valence-electron chi connectivity index (χ4n) is 1.27. The maximum absolute atomic E-state index is 5.52. The average Bonchev–Trinajstić information content (AvgIpc) is 2.70. The SMILES string of the molecule is CCSCC(C)Nc1nnc(CNC(C)(C)C)o1. The van der Waals surface area contributed by atoms with Crippen LogP contribution in [0, 0.1) is 0 Å². The van der Waals surface area contributed by atoms with Gasteiger partial charge in [-0.25, -0.2) is 0 Å². The van der Waals surface area contributed by atoms with E-state index in [1.165, 1.54) is 0 Å². The quantitative estimate of drug-likeness (QED) is 0.795. The lowest BCUT2D eigenvalue weighted by molar-refractivity contribution is 0.383. The van der Waals surface area contributed by atoms with Gasteiger partial charge in [0.05, 0.1) is 6.54 Å². The van der Waals surface area contributed by atoms with Crippen molar-refractivity contribution in [1.29, 1.82) is 0 Å². The normalized spacial score (nSPS) is 13.6. The molecule has 0 radical (unpaired) electrons. The van der Waals surface area contributed by atoms with E-state index in [0.717, 1.165) is 11.5 Å². The second-order valence-electron chi connectivity index (χ2n) is 5.31. The summed E-state index contributed by atoms with van der Waals surface area (Å²) in [6.07, 6.45) is 0. The van der Waals surface area contributed by atoms with E-state index in [0.29, 0.717) is 24.5 Å². The van der Waals surface area contributed by atoms with Crippen LogP contribution in [-0.2, 0) is 6.54 Å². The van der Waals surface area contributed by atoms with Gasteiger partial charge in [-0.1, -0.05) is 12.0 Å². The lowest BCUT2D eigenvalue weighted by atomic mass is 10.1. The highest BCUT2D eigenvalue weighted by molar-refractivity contribution is 7.99. The summed E-state index contributed by atoms with van der Waals surface area (Å²) in [4.78, 5) is 0. The molecule has 18 heavy (non-hydrogen) atoms. The molecule has 0 aliphatic heterocycles. The molecule has 0 fully saturated rings. The van der Waals surface area contributed by atoms with Gasteiger partial charge in [0.1, 0.15) is 0 Å². The molecule has 0 aliphatic rings. The smallest absolute Gasteiger partial charge is 0.315 e. The number of nitrogens with zero attached hydrogens (tertiary/aromatic N) is 2. The molecule has 6 heteroatoms. The third-order valence-corrected chi connectivity index (χ3v) is 3.32. The Morgan fingerprint density at radius 3 is 2.67 bits per heavy atom. The number of aromatic nitrogens is 2. The summed E-state index contributed by atoms with van der Waals surface area (Å²) in [5.41, 5.74) is 0.0487. The van der Waals surface area contributed by atoms with Gasteiger partial charge in [-0.3, -0.25) is 0 Å². The Bertz CT molecular complexity index is 348. The first-order valence-electron chi connectivity index (χ1n) is 6.32. The lowest BCUT2D eigenvalue weighted by Gasteiger charge is -2.18. The van der Waals surface area contributed by atoms with Gasteiger partial charge in [0, 0.05) is 17.3 Å². The maximum atomic E-state index is 5.52. The molecular weight excluding hydrogens is 248 g/mol. The van der Waals surface area contributed by atoms with Gasteiger partial charge in [-0.05, 0) is 33.4 Å². The molecule has 1 aromatic rings. The molecule has 0 bridgehead atoms. The molecule has 0 aliphatic carbocycles. The van der Waals surface area contributed by atoms with Crippen molar-refractivity contribution in [2.45, 2.75) is 52.7 Å². The minimum atomic E-state index is 0.0487. The average molecular weight is 272 g/mol. The van der Waals surface area contributed by atoms with Gasteiger partial charge in [0.2, 0.25) is 5.89 Å². The molecule has 5 nitrogen and oxygen atoms in total. The van der Waals surface area contributed by atoms with E-state index in [4.69, 9.17) is 4.42 Å². The van der Waals surface area contributed by atoms with Crippen LogP contribution in [-0.4, -0.2) is 33.3 Å². The minimum Gasteiger partial charge on any atom is -0.407 e. The van der Waals surface area contributed by atoms with Gasteiger partial charge in [-0.2, -0.15) is 11.8 Å². The summed E-state index contributed by atoms with van der Waals surface area (Å²) < 4.78 is 5.52. The summed E-state index contributed by atoms with van der Waals surface area (Å²) in [5, 5.41) is 14.5. The van der Waals surface area contributed by atoms with Crippen molar-refractivity contribution in [2.24, 2.45) is 0 Å². The second kappa shape index (κ2) is 6.99. The van der Waals surface area contributed by atoms with Crippen molar-refractivity contribution in [3.05, 3.63) is 5.89 Å². The fourth-order valence-corrected chi connectivity index (χ4v) is 1.94. The Morgan fingerprint density at radius 1 is 1.33 bits per heavy atom. The van der Waals surface area contributed by atoms with Gasteiger partial charge in [-0.15, -0.1) is 5.10 Å². The van der Waals surface area contributed by atoms with Gasteiger partial charge < -0.3 is 15.1 Å². The zero-order valence-corrected chi connectivity index (χ0v) is 12.7. The largest absolute Gasteiger partial charge is 0.407 e. The zero-order chi connectivity index (χ0) is 13.6. The summed E-state index contributed by atoms with van der Waals surface area (Å²) in [7, 11) is 0. The molecule has 0 spiro atoms. The van der Waals surface area contributed by atoms with E-state index >= 15 is 0 Å². The summed E-state index contributed by atoms with van der Waals surface area (Å²) in [5.74, 6) is 2.77. The van der Waals surface area contributed by atoms with E-state index in [9.17, 15) is 0 Å². The Balaban J connectivity index is 2.38. The van der Waals surface area contributed by atoms with Crippen molar-refractivity contribution in [1.82, 2.24) is 15.5 Å². The molecule has 1 aromatic heterocycles. The Morgan fingerprint density at radius 2 is 2.06 bits per heavy atom. The van der Waals surface area contributed by atoms with Crippen molar-refractivity contribution in [3.63, 3.8) is 0 Å². The maximum Gasteiger partial charge on any atom is 0.315 e. The van der Waals surface area contributed by atoms with E-state index in [-0.39, 0.29) is 5.54 Å². The first-order valence-corrected chi connectivity index (χ1v) is 7.48. The molecule has 104 valence electrons. The van der Waals surface area contributed by atoms with Crippen molar-refractivity contribution >= 4 is 17.8 Å². The highest BCUT2D eigenvalue weighted by Crippen LogP contribution is 2.11. The predicted molar refractivity (Wildman–Crippen MR) is 77.0 cm³/mol. The van der Waals surface area contributed by atoms with Crippen LogP contribution in [0.4, 0.5) is 6.01 Å². The van der Waals surface area contributed by atoms with E-state index in [2.05, 4.69) is 55.4 Å². The standard InChI is InChI=1S/C12H24N4OS/c1-6-18-8-9(2)14-11-16-15-10(17-11)7-13-12(3,4)5/h9,13H,6-8H2,1-5H3,(H,14,16). The number of hydrogen-bond donors (Lipinski definition) is 2. The minimum absolute atomic E-state index is 0.0487. The second-order valence-corrected chi connectivity index (χ2v) is 6.63. The molecule has 0 saturated carbocycles. The number of anilines is 1. The van der Waals surface area contributed by atoms with E-state index < -0.39 is 0 Å². The number of rotatable bonds is 7. The summed E-state index contributed by atoms with van der Waals surface area (Å²) >= 11 is 1.89. The van der Waals surface area contributed by atoms with Crippen LogP contribution in [0.15, 0.2) is 4.42 Å². The summed E-state index contributed by atoms with van der Waals surface area (Å²) in [6.45, 7) is 11.2. The van der Waals surface area contributed by atoms with E-state index in [1.807, 2.05) is 11.8 Å². The van der Waals surface area contributed by atoms with Crippen LogP contribution in [0.5, 0.6) is 0 Å². The number of nitrogens with one attached hydrogen (secondary N) is 2. The van der Waals surface area contributed by atoms with E-state index in [1.54, 1.807) is 0 Å². The van der Waals surface area contributed by atoms with Crippen LogP contribution >= 0.6 is 11.8 Å². The number of hydrogen-bond acceptors (Lipinski definition) is 6. The first-order chi connectivity index (χ1) is 8.40. The van der Waals surface area contributed by atoms with Crippen LogP contribution in [0.3, 0.4) is 0 Å². The Hall–Kier alpha value is -0.750. The fraction of sp³-hybridized carbons (Fsp3) is 0.833. The third-order valence-electron chi connectivity index (χ3n) is 2.18. The monoisotopic (exact) mass is 272 g/mol. The van der Waals surface area contributed by atoms with Crippen LogP contribution in [0.2, 0.25) is 0 Å². The summed E-state index contributed by atoms with van der Waals surface area (Å²) in [6, 6.07) is 0.837. The topological polar surface area (TPSA) is 63.0 Å². The molecule has 1 atom stereocenters.